The maximum atomic E-state index is 13.2. The standard InChI is InChI=1S/C24H24F2O/c1-24(2,3)20-14-18(12-16-4-8-21(25)9-5-16)23(27)19(15-20)13-17-6-10-22(26)11-7-17/h4-13,20H,14-15H2,1-3H3/b18-12-,19-13+. The molecule has 1 fully saturated rings. The first-order valence-electron chi connectivity index (χ1n) is 9.19. The van der Waals surface area contributed by atoms with Crippen LogP contribution >= 0.6 is 0 Å². The van der Waals surface area contributed by atoms with Crippen LogP contribution in [-0.2, 0) is 4.79 Å². The van der Waals surface area contributed by atoms with Gasteiger partial charge in [-0.2, -0.15) is 0 Å². The molecule has 27 heavy (non-hydrogen) atoms. The van der Waals surface area contributed by atoms with Crippen LogP contribution in [0.25, 0.3) is 12.2 Å². The molecule has 1 unspecified atom stereocenters. The number of allylic oxidation sites excluding steroid dienone is 2. The number of carbonyl (C=O) groups is 1. The summed E-state index contributed by atoms with van der Waals surface area (Å²) < 4.78 is 26.3. The number of Topliss-reactive ketones (excluding diaryl/α,β-unsaturated/α-hetero) is 1. The van der Waals surface area contributed by atoms with Gasteiger partial charge in [-0.25, -0.2) is 8.78 Å². The van der Waals surface area contributed by atoms with Gasteiger partial charge in [0.25, 0.3) is 0 Å². The van der Waals surface area contributed by atoms with Crippen LogP contribution in [0.15, 0.2) is 59.7 Å². The zero-order valence-electron chi connectivity index (χ0n) is 15.9. The summed E-state index contributed by atoms with van der Waals surface area (Å²) in [5.41, 5.74) is 3.15. The average Bonchev–Trinajstić information content (AvgIpc) is 2.61. The van der Waals surface area contributed by atoms with E-state index in [9.17, 15) is 13.6 Å². The van der Waals surface area contributed by atoms with E-state index in [4.69, 9.17) is 0 Å². The van der Waals surface area contributed by atoms with Crippen LogP contribution < -0.4 is 0 Å². The fraction of sp³-hybridized carbons (Fsp3) is 0.292. The van der Waals surface area contributed by atoms with Gasteiger partial charge in [-0.1, -0.05) is 45.0 Å². The van der Waals surface area contributed by atoms with Crippen LogP contribution in [0.2, 0.25) is 0 Å². The topological polar surface area (TPSA) is 17.1 Å². The summed E-state index contributed by atoms with van der Waals surface area (Å²) in [5.74, 6) is -0.258. The highest BCUT2D eigenvalue weighted by molar-refractivity contribution is 6.14. The lowest BCUT2D eigenvalue weighted by Gasteiger charge is -2.35. The third kappa shape index (κ3) is 4.79. The summed E-state index contributed by atoms with van der Waals surface area (Å²) in [4.78, 5) is 13.1. The maximum absolute atomic E-state index is 13.2. The van der Waals surface area contributed by atoms with Gasteiger partial charge in [0.15, 0.2) is 5.78 Å². The van der Waals surface area contributed by atoms with Gasteiger partial charge in [-0.05, 0) is 71.7 Å². The molecule has 0 aliphatic heterocycles. The van der Waals surface area contributed by atoms with Crippen LogP contribution in [0.4, 0.5) is 8.78 Å². The highest BCUT2D eigenvalue weighted by atomic mass is 19.1. The minimum Gasteiger partial charge on any atom is -0.289 e. The Hall–Kier alpha value is -2.55. The highest BCUT2D eigenvalue weighted by Gasteiger charge is 2.34. The first kappa shape index (κ1) is 19.2. The average molecular weight is 366 g/mol. The molecule has 0 saturated heterocycles. The molecular weight excluding hydrogens is 342 g/mol. The fourth-order valence-corrected chi connectivity index (χ4v) is 3.38. The molecular formula is C24H24F2O. The molecule has 1 saturated carbocycles. The van der Waals surface area contributed by atoms with Crippen LogP contribution in [0, 0.1) is 23.0 Å². The second-order valence-electron chi connectivity index (χ2n) is 8.24. The lowest BCUT2D eigenvalue weighted by atomic mass is 9.68. The molecule has 1 aliphatic rings. The minimum absolute atomic E-state index is 0.0177. The van der Waals surface area contributed by atoms with E-state index in [1.165, 1.54) is 24.3 Å². The monoisotopic (exact) mass is 366 g/mol. The summed E-state index contributed by atoms with van der Waals surface area (Å²) in [6.07, 6.45) is 5.11. The molecule has 140 valence electrons. The van der Waals surface area contributed by atoms with Crippen molar-refractivity contribution in [3.8, 4) is 0 Å². The number of halogens is 2. The first-order chi connectivity index (χ1) is 12.7. The van der Waals surface area contributed by atoms with Gasteiger partial charge in [0.1, 0.15) is 11.6 Å². The van der Waals surface area contributed by atoms with Gasteiger partial charge in [-0.15, -0.1) is 0 Å². The van der Waals surface area contributed by atoms with Gasteiger partial charge in [0.2, 0.25) is 0 Å². The van der Waals surface area contributed by atoms with E-state index in [-0.39, 0.29) is 22.8 Å². The van der Waals surface area contributed by atoms with E-state index in [1.807, 2.05) is 12.2 Å². The summed E-state index contributed by atoms with van der Waals surface area (Å²) >= 11 is 0. The van der Waals surface area contributed by atoms with Crippen LogP contribution in [0.1, 0.15) is 44.7 Å². The normalized spacial score (nSPS) is 21.1. The largest absolute Gasteiger partial charge is 0.289 e. The molecule has 2 aromatic rings. The molecule has 0 aromatic heterocycles. The number of hydrogen-bond acceptors (Lipinski definition) is 1. The van der Waals surface area contributed by atoms with E-state index >= 15 is 0 Å². The summed E-state index contributed by atoms with van der Waals surface area (Å²) in [6.45, 7) is 6.54. The highest BCUT2D eigenvalue weighted by Crippen LogP contribution is 2.41. The second-order valence-corrected chi connectivity index (χ2v) is 8.24. The van der Waals surface area contributed by atoms with Crippen LogP contribution in [-0.4, -0.2) is 5.78 Å². The molecule has 2 aromatic carbocycles. The second kappa shape index (κ2) is 7.59. The molecule has 0 radical (unpaired) electrons. The van der Waals surface area contributed by atoms with E-state index in [0.717, 1.165) is 22.3 Å². The van der Waals surface area contributed by atoms with Crippen molar-refractivity contribution in [3.63, 3.8) is 0 Å². The Bertz CT molecular complexity index is 814. The zero-order valence-corrected chi connectivity index (χ0v) is 15.9. The predicted octanol–water partition coefficient (Wildman–Crippen LogP) is 6.46. The lowest BCUT2D eigenvalue weighted by Crippen LogP contribution is -2.29. The fourth-order valence-electron chi connectivity index (χ4n) is 3.38. The Labute approximate surface area is 159 Å². The van der Waals surface area contributed by atoms with Crippen molar-refractivity contribution >= 4 is 17.9 Å². The molecule has 0 spiro atoms. The Balaban J connectivity index is 1.99. The number of benzene rings is 2. The summed E-state index contributed by atoms with van der Waals surface area (Å²) in [7, 11) is 0. The van der Waals surface area contributed by atoms with E-state index in [1.54, 1.807) is 24.3 Å². The molecule has 1 aliphatic carbocycles. The number of hydrogen-bond donors (Lipinski definition) is 0. The Morgan fingerprint density at radius 2 is 1.15 bits per heavy atom. The Morgan fingerprint density at radius 3 is 1.48 bits per heavy atom. The minimum atomic E-state index is -0.295. The van der Waals surface area contributed by atoms with E-state index < -0.39 is 0 Å². The zero-order chi connectivity index (χ0) is 19.6. The van der Waals surface area contributed by atoms with Gasteiger partial charge >= 0.3 is 0 Å². The molecule has 3 rings (SSSR count). The van der Waals surface area contributed by atoms with E-state index in [0.29, 0.717) is 18.8 Å². The molecule has 0 heterocycles. The van der Waals surface area contributed by atoms with Crippen molar-refractivity contribution < 1.29 is 13.6 Å². The van der Waals surface area contributed by atoms with Crippen LogP contribution in [0.3, 0.4) is 0 Å². The summed E-state index contributed by atoms with van der Waals surface area (Å²) in [6, 6.07) is 12.3. The van der Waals surface area contributed by atoms with E-state index in [2.05, 4.69) is 20.8 Å². The maximum Gasteiger partial charge on any atom is 0.185 e. The van der Waals surface area contributed by atoms with Crippen molar-refractivity contribution in [2.45, 2.75) is 33.6 Å². The van der Waals surface area contributed by atoms with Gasteiger partial charge in [0, 0.05) is 11.1 Å². The Kier molecular flexibility index (Phi) is 5.41. The third-order valence-corrected chi connectivity index (χ3v) is 5.16. The van der Waals surface area contributed by atoms with Crippen molar-refractivity contribution in [2.24, 2.45) is 11.3 Å². The number of ketones is 1. The van der Waals surface area contributed by atoms with Crippen molar-refractivity contribution in [2.75, 3.05) is 0 Å². The van der Waals surface area contributed by atoms with Crippen molar-refractivity contribution in [1.29, 1.82) is 0 Å². The van der Waals surface area contributed by atoms with Gasteiger partial charge < -0.3 is 0 Å². The molecule has 1 atom stereocenters. The Morgan fingerprint density at radius 1 is 0.778 bits per heavy atom. The SMILES string of the molecule is CC(C)(C)C1C/C(=C/c2ccc(F)cc2)C(=O)/C(=C/c2ccc(F)cc2)C1. The molecule has 0 N–H and O–H groups in total. The van der Waals surface area contributed by atoms with Crippen molar-refractivity contribution in [3.05, 3.63) is 82.4 Å². The number of rotatable bonds is 2. The van der Waals surface area contributed by atoms with Gasteiger partial charge in [0.05, 0.1) is 0 Å². The quantitative estimate of drug-likeness (QED) is 0.558. The molecule has 3 heteroatoms. The van der Waals surface area contributed by atoms with Crippen LogP contribution in [0.5, 0.6) is 0 Å². The predicted molar refractivity (Wildman–Crippen MR) is 106 cm³/mol. The third-order valence-electron chi connectivity index (χ3n) is 5.16. The lowest BCUT2D eigenvalue weighted by molar-refractivity contribution is -0.113. The number of carbonyl (C=O) groups excluding carboxylic acids is 1. The summed E-state index contributed by atoms with van der Waals surface area (Å²) in [5, 5.41) is 0. The molecule has 0 amide bonds. The first-order valence-corrected chi connectivity index (χ1v) is 9.19. The molecule has 0 bridgehead atoms. The van der Waals surface area contributed by atoms with Crippen molar-refractivity contribution in [1.82, 2.24) is 0 Å². The smallest absolute Gasteiger partial charge is 0.185 e. The van der Waals surface area contributed by atoms with Gasteiger partial charge in [-0.3, -0.25) is 4.79 Å². The molecule has 1 nitrogen and oxygen atoms in total.